The van der Waals surface area contributed by atoms with Crippen molar-refractivity contribution in [2.75, 3.05) is 20.6 Å². The minimum atomic E-state index is 0.192. The maximum absolute atomic E-state index is 11.3. The summed E-state index contributed by atoms with van der Waals surface area (Å²) in [6, 6.07) is 0. The molecule has 0 saturated carbocycles. The molecule has 0 spiro atoms. The summed E-state index contributed by atoms with van der Waals surface area (Å²) in [5.74, 6) is 7.23. The molecule has 0 amide bonds. The summed E-state index contributed by atoms with van der Waals surface area (Å²) >= 11 is 0. The van der Waals surface area contributed by atoms with Crippen molar-refractivity contribution in [2.45, 2.75) is 79.1 Å². The second-order valence-corrected chi connectivity index (χ2v) is 7.16. The molecule has 0 bridgehead atoms. The van der Waals surface area contributed by atoms with E-state index < -0.39 is 0 Å². The quantitative estimate of drug-likeness (QED) is 0.310. The largest absolute Gasteiger partial charge is 0.303 e. The topological polar surface area (TPSA) is 37.4 Å². The van der Waals surface area contributed by atoms with Gasteiger partial charge >= 0.3 is 0 Å². The minimum Gasteiger partial charge on any atom is -0.303 e. The van der Waals surface area contributed by atoms with Gasteiger partial charge in [-0.2, -0.15) is 0 Å². The molecule has 0 N–H and O–H groups in total. The van der Waals surface area contributed by atoms with Gasteiger partial charge < -0.3 is 4.79 Å². The minimum absolute atomic E-state index is 0.192. The first-order valence-corrected chi connectivity index (χ1v) is 9.40. The van der Waals surface area contributed by atoms with Gasteiger partial charge in [-0.1, -0.05) is 65.2 Å². The molecule has 140 valence electrons. The average Bonchev–Trinajstić information content (AvgIpc) is 2.49. The SMILES string of the molecule is CC(C)C#CCN(C)C.CC(C)C(=O)CCCCCCCCC=O. The van der Waals surface area contributed by atoms with Crippen LogP contribution in [0.2, 0.25) is 0 Å². The standard InChI is InChI=1S/C13H24O2.C8H15N/c1-12(2)13(15)10-8-6-4-3-5-7-9-11-14;1-8(2)6-5-7-9(3)4/h11-12H,3-10H2,1-2H3;8H,7H2,1-4H3. The summed E-state index contributed by atoms with van der Waals surface area (Å²) in [5.41, 5.74) is 0. The van der Waals surface area contributed by atoms with Crippen LogP contribution in [0.4, 0.5) is 0 Å². The van der Waals surface area contributed by atoms with Gasteiger partial charge in [0.15, 0.2) is 0 Å². The number of carbonyl (C=O) groups is 2. The van der Waals surface area contributed by atoms with Crippen molar-refractivity contribution in [3.05, 3.63) is 0 Å². The van der Waals surface area contributed by atoms with E-state index in [0.29, 0.717) is 18.1 Å². The van der Waals surface area contributed by atoms with Crippen LogP contribution < -0.4 is 0 Å². The number of unbranched alkanes of at least 4 members (excludes halogenated alkanes) is 6. The van der Waals surface area contributed by atoms with E-state index in [-0.39, 0.29) is 5.92 Å². The lowest BCUT2D eigenvalue weighted by atomic mass is 10.0. The number of carbonyl (C=O) groups excluding carboxylic acids is 2. The number of hydrogen-bond acceptors (Lipinski definition) is 3. The van der Waals surface area contributed by atoms with Gasteiger partial charge in [-0.3, -0.25) is 9.69 Å². The molecule has 0 aliphatic carbocycles. The zero-order chi connectivity index (χ0) is 18.8. The Bertz CT molecular complexity index is 362. The van der Waals surface area contributed by atoms with Gasteiger partial charge in [0.25, 0.3) is 0 Å². The maximum atomic E-state index is 11.3. The van der Waals surface area contributed by atoms with Gasteiger partial charge in [-0.15, -0.1) is 0 Å². The fourth-order valence-electron chi connectivity index (χ4n) is 1.93. The smallest absolute Gasteiger partial charge is 0.135 e. The lowest BCUT2D eigenvalue weighted by molar-refractivity contribution is -0.122. The Morgan fingerprint density at radius 3 is 1.96 bits per heavy atom. The number of rotatable bonds is 11. The average molecular weight is 338 g/mol. The zero-order valence-electron chi connectivity index (χ0n) is 16.9. The fourth-order valence-corrected chi connectivity index (χ4v) is 1.93. The number of ketones is 1. The van der Waals surface area contributed by atoms with Crippen molar-refractivity contribution in [1.82, 2.24) is 4.90 Å². The van der Waals surface area contributed by atoms with Crippen LogP contribution in [0, 0.1) is 23.7 Å². The molecule has 0 radical (unpaired) electrons. The fraction of sp³-hybridized carbons (Fsp3) is 0.810. The van der Waals surface area contributed by atoms with Crippen LogP contribution in [-0.2, 0) is 9.59 Å². The molecule has 0 fully saturated rings. The van der Waals surface area contributed by atoms with E-state index in [4.69, 9.17) is 0 Å². The van der Waals surface area contributed by atoms with Crippen LogP contribution in [0.3, 0.4) is 0 Å². The molecule has 24 heavy (non-hydrogen) atoms. The van der Waals surface area contributed by atoms with Crippen molar-refractivity contribution in [1.29, 1.82) is 0 Å². The normalized spacial score (nSPS) is 10.2. The van der Waals surface area contributed by atoms with E-state index in [1.54, 1.807) is 0 Å². The van der Waals surface area contributed by atoms with Crippen molar-refractivity contribution in [3.63, 3.8) is 0 Å². The summed E-state index contributed by atoms with van der Waals surface area (Å²) in [6.45, 7) is 8.99. The molecule has 3 heteroatoms. The lowest BCUT2D eigenvalue weighted by Crippen LogP contribution is -2.10. The van der Waals surface area contributed by atoms with Gasteiger partial charge in [-0.25, -0.2) is 0 Å². The van der Waals surface area contributed by atoms with Crippen molar-refractivity contribution < 1.29 is 9.59 Å². The van der Waals surface area contributed by atoms with Gasteiger partial charge in [0, 0.05) is 24.7 Å². The van der Waals surface area contributed by atoms with Crippen LogP contribution in [0.5, 0.6) is 0 Å². The summed E-state index contributed by atoms with van der Waals surface area (Å²) in [7, 11) is 4.05. The van der Waals surface area contributed by atoms with E-state index in [1.165, 1.54) is 12.8 Å². The Hall–Kier alpha value is -1.14. The third kappa shape index (κ3) is 23.1. The molecule has 0 atom stereocenters. The molecule has 0 aromatic rings. The first-order valence-electron chi connectivity index (χ1n) is 9.40. The highest BCUT2D eigenvalue weighted by Crippen LogP contribution is 2.10. The monoisotopic (exact) mass is 337 g/mol. The van der Waals surface area contributed by atoms with E-state index in [0.717, 1.165) is 44.9 Å². The van der Waals surface area contributed by atoms with E-state index in [9.17, 15) is 9.59 Å². The van der Waals surface area contributed by atoms with Gasteiger partial charge in [0.05, 0.1) is 6.54 Å². The molecule has 0 aromatic heterocycles. The summed E-state index contributed by atoms with van der Waals surface area (Å²) in [4.78, 5) is 23.4. The Balaban J connectivity index is 0. The van der Waals surface area contributed by atoms with Crippen LogP contribution in [0.1, 0.15) is 79.1 Å². The van der Waals surface area contributed by atoms with Gasteiger partial charge in [-0.05, 0) is 26.9 Å². The van der Waals surface area contributed by atoms with Crippen LogP contribution in [-0.4, -0.2) is 37.6 Å². The van der Waals surface area contributed by atoms with Gasteiger partial charge in [0.2, 0.25) is 0 Å². The summed E-state index contributed by atoms with van der Waals surface area (Å²) in [5, 5.41) is 0. The second-order valence-electron chi connectivity index (χ2n) is 7.16. The maximum Gasteiger partial charge on any atom is 0.135 e. The number of nitrogens with zero attached hydrogens (tertiary/aromatic N) is 1. The van der Waals surface area contributed by atoms with Crippen LogP contribution >= 0.6 is 0 Å². The van der Waals surface area contributed by atoms with Crippen molar-refractivity contribution >= 4 is 12.1 Å². The predicted molar refractivity (Wildman–Crippen MR) is 104 cm³/mol. The first-order chi connectivity index (χ1) is 11.3. The molecule has 0 aliphatic heterocycles. The van der Waals surface area contributed by atoms with Crippen molar-refractivity contribution in [3.8, 4) is 11.8 Å². The van der Waals surface area contributed by atoms with Crippen LogP contribution in [0.15, 0.2) is 0 Å². The van der Waals surface area contributed by atoms with E-state index in [1.807, 2.05) is 27.9 Å². The molecule has 3 nitrogen and oxygen atoms in total. The number of hydrogen-bond donors (Lipinski definition) is 0. The highest BCUT2D eigenvalue weighted by molar-refractivity contribution is 5.80. The van der Waals surface area contributed by atoms with Gasteiger partial charge in [0.1, 0.15) is 12.1 Å². The second kappa shape index (κ2) is 18.2. The van der Waals surface area contributed by atoms with Crippen LogP contribution in [0.25, 0.3) is 0 Å². The Morgan fingerprint density at radius 2 is 1.50 bits per heavy atom. The molecule has 0 aliphatic rings. The summed E-state index contributed by atoms with van der Waals surface area (Å²) < 4.78 is 0. The Labute approximate surface area is 150 Å². The molecular formula is C21H39NO2. The third-order valence-corrected chi connectivity index (χ3v) is 3.43. The highest BCUT2D eigenvalue weighted by Gasteiger charge is 2.05. The van der Waals surface area contributed by atoms with E-state index >= 15 is 0 Å². The molecular weight excluding hydrogens is 298 g/mol. The molecule has 0 heterocycles. The third-order valence-electron chi connectivity index (χ3n) is 3.43. The molecule has 0 saturated heterocycles. The van der Waals surface area contributed by atoms with E-state index in [2.05, 4.69) is 30.6 Å². The zero-order valence-corrected chi connectivity index (χ0v) is 16.9. The molecule has 0 rings (SSSR count). The lowest BCUT2D eigenvalue weighted by Gasteiger charge is -2.03. The summed E-state index contributed by atoms with van der Waals surface area (Å²) in [6.07, 6.45) is 9.18. The predicted octanol–water partition coefficient (Wildman–Crippen LogP) is 4.74. The highest BCUT2D eigenvalue weighted by atomic mass is 16.1. The Morgan fingerprint density at radius 1 is 0.958 bits per heavy atom. The Kier molecular flexibility index (Phi) is 19.0. The molecule has 0 unspecified atom stereocenters. The number of Topliss-reactive ketones (excluding diaryl/α,β-unsaturated/α-hetero) is 1. The molecule has 0 aromatic carbocycles. The first kappa shape index (κ1) is 25.1. The number of aldehydes is 1. The van der Waals surface area contributed by atoms with Crippen molar-refractivity contribution in [2.24, 2.45) is 11.8 Å².